The Morgan fingerprint density at radius 3 is 2.65 bits per heavy atom. The van der Waals surface area contributed by atoms with E-state index in [9.17, 15) is 9.59 Å². The number of benzene rings is 3. The molecule has 0 radical (unpaired) electrons. The van der Waals surface area contributed by atoms with Gasteiger partial charge in [0.15, 0.2) is 5.65 Å². The number of carbonyl (C=O) groups excluding carboxylic acids is 1. The Bertz CT molecular complexity index is 2150. The highest BCUT2D eigenvalue weighted by molar-refractivity contribution is 5.98. The Morgan fingerprint density at radius 2 is 1.84 bits per heavy atom. The Balaban J connectivity index is 1.39. The van der Waals surface area contributed by atoms with Crippen LogP contribution in [0.5, 0.6) is 5.75 Å². The van der Waals surface area contributed by atoms with Crippen LogP contribution < -0.4 is 26.7 Å². The summed E-state index contributed by atoms with van der Waals surface area (Å²) in [7, 11) is 0. The predicted molar refractivity (Wildman–Crippen MR) is 165 cm³/mol. The summed E-state index contributed by atoms with van der Waals surface area (Å²) in [6, 6.07) is 21.3. The van der Waals surface area contributed by atoms with Crippen LogP contribution in [-0.2, 0) is 11.3 Å². The number of hydrogen-bond donors (Lipinski definition) is 3. The lowest BCUT2D eigenvalue weighted by molar-refractivity contribution is -0.120. The van der Waals surface area contributed by atoms with E-state index in [0.717, 1.165) is 39.1 Å². The molecule has 3 aromatic carbocycles. The van der Waals surface area contributed by atoms with E-state index in [-0.39, 0.29) is 23.8 Å². The smallest absolute Gasteiger partial charge is 0.263 e. The summed E-state index contributed by atoms with van der Waals surface area (Å²) in [6.07, 6.45) is 0.742. The zero-order chi connectivity index (χ0) is 29.8. The lowest BCUT2D eigenvalue weighted by Crippen LogP contribution is -2.40. The minimum atomic E-state index is -0.667. The fourth-order valence-electron chi connectivity index (χ4n) is 5.71. The number of amides is 1. The number of aryl methyl sites for hydroxylation is 2. The van der Waals surface area contributed by atoms with Gasteiger partial charge < -0.3 is 21.1 Å². The zero-order valence-electron chi connectivity index (χ0n) is 23.8. The van der Waals surface area contributed by atoms with E-state index in [1.165, 1.54) is 13.3 Å². The minimum Gasteiger partial charge on any atom is -0.450 e. The first kappa shape index (κ1) is 26.2. The van der Waals surface area contributed by atoms with Crippen LogP contribution in [0.3, 0.4) is 0 Å². The number of nitrogens with one attached hydrogen (secondary N) is 2. The molecule has 11 nitrogen and oxygen atoms in total. The molecule has 11 heteroatoms. The normalized spacial score (nSPS) is 14.0. The van der Waals surface area contributed by atoms with Crippen LogP contribution in [0.2, 0.25) is 0 Å². The number of nitrogens with zero attached hydrogens (tertiary/aromatic N) is 5. The fourth-order valence-corrected chi connectivity index (χ4v) is 5.71. The van der Waals surface area contributed by atoms with Gasteiger partial charge in [0, 0.05) is 18.2 Å². The van der Waals surface area contributed by atoms with Crippen molar-refractivity contribution in [3.05, 3.63) is 100 Å². The third kappa shape index (κ3) is 4.42. The highest BCUT2D eigenvalue weighted by Gasteiger charge is 2.25. The summed E-state index contributed by atoms with van der Waals surface area (Å²) < 4.78 is 9.40. The van der Waals surface area contributed by atoms with Crippen LogP contribution in [0.1, 0.15) is 23.7 Å². The van der Waals surface area contributed by atoms with Crippen molar-refractivity contribution < 1.29 is 9.53 Å². The third-order valence-corrected chi connectivity index (χ3v) is 7.68. The first-order valence-electron chi connectivity index (χ1n) is 13.8. The molecule has 0 bridgehead atoms. The summed E-state index contributed by atoms with van der Waals surface area (Å²) in [5.74, 6) is 0.633. The Hall–Kier alpha value is -5.71. The molecule has 0 aliphatic carbocycles. The van der Waals surface area contributed by atoms with Gasteiger partial charge in [0.05, 0.1) is 28.7 Å². The predicted octanol–water partition coefficient (Wildman–Crippen LogP) is 4.27. The van der Waals surface area contributed by atoms with Gasteiger partial charge in [0.1, 0.15) is 23.6 Å². The number of ether oxygens (including phenoxy) is 1. The van der Waals surface area contributed by atoms with Crippen molar-refractivity contribution in [1.29, 1.82) is 0 Å². The molecular weight excluding hydrogens is 544 g/mol. The van der Waals surface area contributed by atoms with Crippen molar-refractivity contribution in [1.82, 2.24) is 29.6 Å². The van der Waals surface area contributed by atoms with Gasteiger partial charge in [-0.15, -0.1) is 0 Å². The van der Waals surface area contributed by atoms with Crippen molar-refractivity contribution in [2.45, 2.75) is 33.7 Å². The van der Waals surface area contributed by atoms with E-state index in [4.69, 9.17) is 15.6 Å². The highest BCUT2D eigenvalue weighted by Crippen LogP contribution is 2.38. The van der Waals surface area contributed by atoms with Gasteiger partial charge >= 0.3 is 0 Å². The maximum absolute atomic E-state index is 14.1. The fraction of sp³-hybridized carbons (Fsp3) is 0.156. The van der Waals surface area contributed by atoms with Crippen LogP contribution in [0, 0.1) is 13.8 Å². The molecule has 4 N–H and O–H groups in total. The molecule has 1 unspecified atom stereocenters. The SMILES string of the molecule is CC(=O)NC1Nc2ccc(-c3nn(Cc4cc5cccc(C)c5c(=O)n4-c4ccccc4C)c4ncnc(N)c34)cc2O1. The molecule has 4 heterocycles. The second-order valence-corrected chi connectivity index (χ2v) is 10.6. The zero-order valence-corrected chi connectivity index (χ0v) is 23.8. The van der Waals surface area contributed by atoms with E-state index in [1.807, 2.05) is 80.6 Å². The summed E-state index contributed by atoms with van der Waals surface area (Å²) in [4.78, 5) is 34.4. The number of anilines is 2. The third-order valence-electron chi connectivity index (χ3n) is 7.68. The minimum absolute atomic E-state index is 0.0947. The molecule has 0 saturated carbocycles. The van der Waals surface area contributed by atoms with E-state index in [2.05, 4.69) is 20.6 Å². The van der Waals surface area contributed by atoms with Crippen molar-refractivity contribution in [2.24, 2.45) is 0 Å². The van der Waals surface area contributed by atoms with Crippen molar-refractivity contribution in [2.75, 3.05) is 11.1 Å². The number of carbonyl (C=O) groups is 1. The number of para-hydroxylation sites is 1. The quantitative estimate of drug-likeness (QED) is 0.278. The molecule has 1 aliphatic rings. The van der Waals surface area contributed by atoms with Gasteiger partial charge in [-0.25, -0.2) is 14.6 Å². The molecule has 3 aromatic heterocycles. The van der Waals surface area contributed by atoms with Gasteiger partial charge in [-0.1, -0.05) is 42.5 Å². The molecule has 214 valence electrons. The van der Waals surface area contributed by atoms with Gasteiger partial charge in [-0.2, -0.15) is 5.10 Å². The largest absolute Gasteiger partial charge is 0.450 e. The molecule has 43 heavy (non-hydrogen) atoms. The maximum atomic E-state index is 14.1. The van der Waals surface area contributed by atoms with Crippen molar-refractivity contribution >= 4 is 39.2 Å². The first-order valence-corrected chi connectivity index (χ1v) is 13.8. The lowest BCUT2D eigenvalue weighted by atomic mass is 10.1. The first-order chi connectivity index (χ1) is 20.8. The summed E-state index contributed by atoms with van der Waals surface area (Å²) in [6.45, 7) is 5.61. The second kappa shape index (κ2) is 9.98. The molecule has 6 aromatic rings. The Morgan fingerprint density at radius 1 is 1.02 bits per heavy atom. The molecule has 7 rings (SSSR count). The summed E-state index contributed by atoms with van der Waals surface area (Å²) in [5, 5.41) is 12.9. The number of fused-ring (bicyclic) bond motifs is 3. The Kier molecular flexibility index (Phi) is 6.08. The second-order valence-electron chi connectivity index (χ2n) is 10.6. The van der Waals surface area contributed by atoms with E-state index >= 15 is 0 Å². The van der Waals surface area contributed by atoms with Crippen molar-refractivity contribution in [3.8, 4) is 22.7 Å². The topological polar surface area (TPSA) is 142 Å². The molecule has 0 spiro atoms. The molecular formula is C32H28N8O3. The monoisotopic (exact) mass is 572 g/mol. The van der Waals surface area contributed by atoms with Gasteiger partial charge in [0.25, 0.3) is 11.9 Å². The van der Waals surface area contributed by atoms with Crippen LogP contribution in [0.4, 0.5) is 11.5 Å². The van der Waals surface area contributed by atoms with E-state index in [1.54, 1.807) is 9.25 Å². The Labute approximate surface area is 246 Å². The molecule has 1 amide bonds. The number of rotatable bonds is 5. The van der Waals surface area contributed by atoms with Gasteiger partial charge in [0.2, 0.25) is 5.91 Å². The number of nitrogen functional groups attached to an aromatic ring is 1. The van der Waals surface area contributed by atoms with Crippen LogP contribution >= 0.6 is 0 Å². The summed E-state index contributed by atoms with van der Waals surface area (Å²) >= 11 is 0. The number of hydrogen-bond acceptors (Lipinski definition) is 8. The van der Waals surface area contributed by atoms with Crippen LogP contribution in [0.25, 0.3) is 38.8 Å². The number of nitrogens with two attached hydrogens (primary N) is 1. The average Bonchev–Trinajstić information content (AvgIpc) is 3.54. The van der Waals surface area contributed by atoms with Crippen LogP contribution in [-0.4, -0.2) is 36.6 Å². The number of aromatic nitrogens is 5. The number of pyridine rings is 1. The van der Waals surface area contributed by atoms with Gasteiger partial charge in [-0.05, 0) is 54.6 Å². The molecule has 1 aliphatic heterocycles. The van der Waals surface area contributed by atoms with Crippen molar-refractivity contribution in [3.63, 3.8) is 0 Å². The molecule has 0 fully saturated rings. The lowest BCUT2D eigenvalue weighted by Gasteiger charge is -2.17. The van der Waals surface area contributed by atoms with Gasteiger partial charge in [-0.3, -0.25) is 14.2 Å². The highest BCUT2D eigenvalue weighted by atomic mass is 16.5. The summed E-state index contributed by atoms with van der Waals surface area (Å²) in [5.41, 5.74) is 12.3. The maximum Gasteiger partial charge on any atom is 0.263 e. The van der Waals surface area contributed by atoms with E-state index in [0.29, 0.717) is 27.9 Å². The average molecular weight is 573 g/mol. The van der Waals surface area contributed by atoms with E-state index < -0.39 is 6.35 Å². The van der Waals surface area contributed by atoms with Crippen LogP contribution in [0.15, 0.2) is 77.9 Å². The molecule has 1 atom stereocenters. The standard InChI is InChI=1S/C32H28N8O3/c1-17-7-4-5-10-24(17)40-22(13-20-9-6-8-18(2)26(20)31(40)42)15-39-30-27(29(33)34-16-35-30)28(38-39)21-11-12-23-25(14-21)43-32(37-23)36-19(3)41/h4-14,16,32,37H,15H2,1-3H3,(H,36,41)(H2,33,34,35). The molecule has 0 saturated heterocycles.